The number of methoxy groups -OCH3 is 1. The summed E-state index contributed by atoms with van der Waals surface area (Å²) >= 11 is 0. The third-order valence-corrected chi connectivity index (χ3v) is 3.24. The minimum Gasteiger partial charge on any atom is -0.494 e. The Hall–Kier alpha value is -2.01. The van der Waals surface area contributed by atoms with E-state index < -0.39 is 0 Å². The summed E-state index contributed by atoms with van der Waals surface area (Å²) in [7, 11) is 1.45. The van der Waals surface area contributed by atoms with Crippen LogP contribution in [0.25, 0.3) is 0 Å². The predicted octanol–water partition coefficient (Wildman–Crippen LogP) is 2.48. The second-order valence-electron chi connectivity index (χ2n) is 4.77. The highest BCUT2D eigenvalue weighted by molar-refractivity contribution is 5.33. The fourth-order valence-electron chi connectivity index (χ4n) is 2.16. The maximum atomic E-state index is 14.1. The molecule has 0 fully saturated rings. The van der Waals surface area contributed by atoms with Gasteiger partial charge >= 0.3 is 0 Å². The number of aromatic nitrogens is 2. The molecule has 106 valence electrons. The van der Waals surface area contributed by atoms with Crippen molar-refractivity contribution in [1.82, 2.24) is 10.2 Å². The molecule has 0 bridgehead atoms. The molecule has 2 rings (SSSR count). The van der Waals surface area contributed by atoms with Crippen LogP contribution in [0.2, 0.25) is 0 Å². The van der Waals surface area contributed by atoms with E-state index in [1.165, 1.54) is 7.11 Å². The van der Waals surface area contributed by atoms with Gasteiger partial charge in [0.15, 0.2) is 11.6 Å². The average molecular weight is 275 g/mol. The lowest BCUT2D eigenvalue weighted by molar-refractivity contribution is 0.383. The Labute approximate surface area is 117 Å². The molecule has 1 heterocycles. The number of nitrogens with zero attached hydrogens (tertiary/aromatic N) is 2. The van der Waals surface area contributed by atoms with Crippen LogP contribution < -0.4 is 10.5 Å². The van der Waals surface area contributed by atoms with Gasteiger partial charge in [0.1, 0.15) is 0 Å². The molecule has 0 radical (unpaired) electrons. The van der Waals surface area contributed by atoms with Crippen molar-refractivity contribution in [3.05, 3.63) is 52.6 Å². The molecule has 5 heteroatoms. The van der Waals surface area contributed by atoms with Gasteiger partial charge in [-0.25, -0.2) is 4.39 Å². The van der Waals surface area contributed by atoms with Crippen LogP contribution in [0.5, 0.6) is 5.75 Å². The number of hydrogen-bond acceptors (Lipinski definition) is 4. The Balaban J connectivity index is 2.28. The summed E-state index contributed by atoms with van der Waals surface area (Å²) in [4.78, 5) is 0. The summed E-state index contributed by atoms with van der Waals surface area (Å²) in [5.41, 5.74) is 9.17. The van der Waals surface area contributed by atoms with Crippen molar-refractivity contribution in [1.29, 1.82) is 0 Å². The van der Waals surface area contributed by atoms with Crippen molar-refractivity contribution in [2.45, 2.75) is 26.3 Å². The topological polar surface area (TPSA) is 61.0 Å². The molecule has 2 N–H and O–H groups in total. The quantitative estimate of drug-likeness (QED) is 0.931. The second kappa shape index (κ2) is 5.96. The molecule has 0 aliphatic carbocycles. The van der Waals surface area contributed by atoms with Gasteiger partial charge < -0.3 is 10.5 Å². The zero-order valence-corrected chi connectivity index (χ0v) is 11.9. The summed E-state index contributed by atoms with van der Waals surface area (Å²) in [5, 5.41) is 8.02. The molecular formula is C15H18FN3O. The lowest BCUT2D eigenvalue weighted by Gasteiger charge is -2.15. The number of aryl methyl sites for hydroxylation is 2. The van der Waals surface area contributed by atoms with Crippen LogP contribution in [0.4, 0.5) is 4.39 Å². The molecule has 0 spiro atoms. The van der Waals surface area contributed by atoms with Gasteiger partial charge in [0, 0.05) is 6.04 Å². The van der Waals surface area contributed by atoms with Crippen LogP contribution in [0.3, 0.4) is 0 Å². The van der Waals surface area contributed by atoms with E-state index in [4.69, 9.17) is 10.5 Å². The highest BCUT2D eigenvalue weighted by atomic mass is 19.1. The van der Waals surface area contributed by atoms with E-state index in [-0.39, 0.29) is 17.6 Å². The van der Waals surface area contributed by atoms with E-state index in [0.29, 0.717) is 12.0 Å². The number of ether oxygens (including phenoxy) is 1. The van der Waals surface area contributed by atoms with Gasteiger partial charge in [-0.1, -0.05) is 12.1 Å². The Morgan fingerprint density at radius 1 is 1.30 bits per heavy atom. The molecule has 1 aromatic carbocycles. The van der Waals surface area contributed by atoms with Gasteiger partial charge in [-0.3, -0.25) is 0 Å². The minimum absolute atomic E-state index is 0.232. The lowest BCUT2D eigenvalue weighted by Crippen LogP contribution is -2.17. The number of hydrogen-bond donors (Lipinski definition) is 1. The second-order valence-corrected chi connectivity index (χ2v) is 4.77. The summed E-state index contributed by atoms with van der Waals surface area (Å²) in [6.45, 7) is 3.71. The minimum atomic E-state index is -0.359. The maximum Gasteiger partial charge on any atom is 0.168 e. The first-order valence-corrected chi connectivity index (χ1v) is 6.40. The first-order valence-electron chi connectivity index (χ1n) is 6.40. The number of nitrogens with two attached hydrogens (primary N) is 1. The third kappa shape index (κ3) is 2.93. The largest absolute Gasteiger partial charge is 0.494 e. The van der Waals surface area contributed by atoms with E-state index in [1.807, 2.05) is 19.9 Å². The summed E-state index contributed by atoms with van der Waals surface area (Å²) in [5.74, 6) is -0.128. The van der Waals surface area contributed by atoms with Crippen LogP contribution in [-0.4, -0.2) is 17.3 Å². The van der Waals surface area contributed by atoms with Crippen LogP contribution in [0, 0.1) is 19.7 Å². The highest BCUT2D eigenvalue weighted by Gasteiger charge is 2.16. The van der Waals surface area contributed by atoms with Gasteiger partial charge in [-0.05, 0) is 43.5 Å². The number of rotatable bonds is 4. The van der Waals surface area contributed by atoms with Crippen LogP contribution >= 0.6 is 0 Å². The normalized spacial score (nSPS) is 12.2. The summed E-state index contributed by atoms with van der Waals surface area (Å²) < 4.78 is 19.1. The van der Waals surface area contributed by atoms with Crippen LogP contribution in [-0.2, 0) is 6.42 Å². The van der Waals surface area contributed by atoms with Crippen molar-refractivity contribution >= 4 is 0 Å². The molecular weight excluding hydrogens is 257 g/mol. The molecule has 1 atom stereocenters. The van der Waals surface area contributed by atoms with Gasteiger partial charge in [-0.15, -0.1) is 0 Å². The molecule has 0 amide bonds. The maximum absolute atomic E-state index is 14.1. The Kier molecular flexibility index (Phi) is 4.29. The fraction of sp³-hybridized carbons (Fsp3) is 0.333. The molecule has 0 aliphatic heterocycles. The number of benzene rings is 1. The van der Waals surface area contributed by atoms with Gasteiger partial charge in [0.25, 0.3) is 0 Å². The van der Waals surface area contributed by atoms with Crippen molar-refractivity contribution in [2.24, 2.45) is 5.73 Å². The summed E-state index contributed by atoms with van der Waals surface area (Å²) in [6.07, 6.45) is 0.384. The Bertz CT molecular complexity index is 616. The molecule has 1 aromatic heterocycles. The van der Waals surface area contributed by atoms with E-state index in [2.05, 4.69) is 10.2 Å². The first kappa shape index (κ1) is 14.4. The molecule has 4 nitrogen and oxygen atoms in total. The smallest absolute Gasteiger partial charge is 0.168 e. The molecule has 2 aromatic rings. The lowest BCUT2D eigenvalue weighted by atomic mass is 9.98. The molecule has 0 aliphatic rings. The summed E-state index contributed by atoms with van der Waals surface area (Å²) in [6, 6.07) is 6.63. The third-order valence-electron chi connectivity index (χ3n) is 3.24. The Morgan fingerprint density at radius 2 is 2.05 bits per heavy atom. The van der Waals surface area contributed by atoms with Crippen molar-refractivity contribution in [2.75, 3.05) is 7.11 Å². The van der Waals surface area contributed by atoms with Crippen LogP contribution in [0.1, 0.15) is 28.6 Å². The monoisotopic (exact) mass is 275 g/mol. The van der Waals surface area contributed by atoms with Crippen molar-refractivity contribution < 1.29 is 9.13 Å². The number of halogens is 1. The molecule has 0 saturated carbocycles. The van der Waals surface area contributed by atoms with Gasteiger partial charge in [-0.2, -0.15) is 10.2 Å². The molecule has 1 unspecified atom stereocenters. The average Bonchev–Trinajstić information content (AvgIpc) is 2.43. The van der Waals surface area contributed by atoms with E-state index in [1.54, 1.807) is 18.2 Å². The zero-order chi connectivity index (χ0) is 14.7. The standard InChI is InChI=1S/C15H18FN3O/c1-9-7-12(10(2)19-18-9)13(17)8-11-5-4-6-14(20-3)15(11)16/h4-7,13H,8,17H2,1-3H3. The van der Waals surface area contributed by atoms with E-state index >= 15 is 0 Å². The first-order chi connectivity index (χ1) is 9.52. The predicted molar refractivity (Wildman–Crippen MR) is 75.1 cm³/mol. The van der Waals surface area contributed by atoms with Gasteiger partial charge in [0.2, 0.25) is 0 Å². The fourth-order valence-corrected chi connectivity index (χ4v) is 2.16. The van der Waals surface area contributed by atoms with Gasteiger partial charge in [0.05, 0.1) is 18.5 Å². The van der Waals surface area contributed by atoms with E-state index in [0.717, 1.165) is 17.0 Å². The van der Waals surface area contributed by atoms with Crippen molar-refractivity contribution in [3.63, 3.8) is 0 Å². The SMILES string of the molecule is COc1cccc(CC(N)c2cc(C)nnc2C)c1F. The van der Waals surface area contributed by atoms with Crippen molar-refractivity contribution in [3.8, 4) is 5.75 Å². The highest BCUT2D eigenvalue weighted by Crippen LogP contribution is 2.25. The Morgan fingerprint density at radius 3 is 2.75 bits per heavy atom. The molecule has 0 saturated heterocycles. The molecule has 20 heavy (non-hydrogen) atoms. The zero-order valence-electron chi connectivity index (χ0n) is 11.9. The van der Waals surface area contributed by atoms with E-state index in [9.17, 15) is 4.39 Å². The van der Waals surface area contributed by atoms with Crippen LogP contribution in [0.15, 0.2) is 24.3 Å².